The highest BCUT2D eigenvalue weighted by molar-refractivity contribution is 6.09. The maximum Gasteiger partial charge on any atom is 0.266 e. The van der Waals surface area contributed by atoms with Crippen molar-refractivity contribution in [1.82, 2.24) is 0 Å². The van der Waals surface area contributed by atoms with Crippen LogP contribution in [0.1, 0.15) is 18.9 Å². The molecule has 134 valence electrons. The summed E-state index contributed by atoms with van der Waals surface area (Å²) < 4.78 is 23.8. The predicted molar refractivity (Wildman–Crippen MR) is 97.4 cm³/mol. The van der Waals surface area contributed by atoms with E-state index in [4.69, 9.17) is 9.47 Å². The zero-order chi connectivity index (χ0) is 18.9. The molecule has 5 nitrogen and oxygen atoms in total. The number of halogens is 1. The van der Waals surface area contributed by atoms with Crippen LogP contribution in [0.5, 0.6) is 11.5 Å². The van der Waals surface area contributed by atoms with Gasteiger partial charge in [0.25, 0.3) is 5.91 Å². The molecular formula is C20H19FN2O3. The van der Waals surface area contributed by atoms with E-state index in [0.29, 0.717) is 29.4 Å². The minimum Gasteiger partial charge on any atom is -0.493 e. The molecule has 0 radical (unpaired) electrons. The molecule has 0 heterocycles. The maximum absolute atomic E-state index is 12.9. The normalized spacial score (nSPS) is 10.8. The van der Waals surface area contributed by atoms with Gasteiger partial charge >= 0.3 is 0 Å². The fourth-order valence-corrected chi connectivity index (χ4v) is 2.15. The average molecular weight is 354 g/mol. The Bertz CT molecular complexity index is 839. The van der Waals surface area contributed by atoms with Crippen LogP contribution in [0.15, 0.2) is 48.0 Å². The van der Waals surface area contributed by atoms with Crippen molar-refractivity contribution in [2.45, 2.75) is 13.3 Å². The highest BCUT2D eigenvalue weighted by Crippen LogP contribution is 2.29. The Morgan fingerprint density at radius 1 is 1.23 bits per heavy atom. The van der Waals surface area contributed by atoms with Gasteiger partial charge in [-0.3, -0.25) is 4.79 Å². The Morgan fingerprint density at radius 2 is 1.96 bits per heavy atom. The minimum atomic E-state index is -0.578. The Balaban J connectivity index is 2.22. The molecule has 0 aliphatic rings. The van der Waals surface area contributed by atoms with Crippen molar-refractivity contribution in [1.29, 1.82) is 5.26 Å². The van der Waals surface area contributed by atoms with Crippen molar-refractivity contribution < 1.29 is 18.7 Å². The summed E-state index contributed by atoms with van der Waals surface area (Å²) in [5.41, 5.74) is 0.947. The number of benzene rings is 2. The van der Waals surface area contributed by atoms with Crippen LogP contribution in [0.2, 0.25) is 0 Å². The number of amides is 1. The van der Waals surface area contributed by atoms with E-state index in [-0.39, 0.29) is 5.57 Å². The van der Waals surface area contributed by atoms with Gasteiger partial charge in [-0.25, -0.2) is 4.39 Å². The lowest BCUT2D eigenvalue weighted by atomic mass is 10.1. The Labute approximate surface area is 151 Å². The fraction of sp³-hybridized carbons (Fsp3) is 0.200. The summed E-state index contributed by atoms with van der Waals surface area (Å²) in [5, 5.41) is 11.9. The SMILES string of the molecule is CCCOc1cc(/C=C(\C#N)C(=O)Nc2ccc(F)cc2)ccc1OC. The monoisotopic (exact) mass is 354 g/mol. The summed E-state index contributed by atoms with van der Waals surface area (Å²) >= 11 is 0. The van der Waals surface area contributed by atoms with Crippen LogP contribution in [0.25, 0.3) is 6.08 Å². The number of anilines is 1. The van der Waals surface area contributed by atoms with E-state index in [2.05, 4.69) is 5.32 Å². The number of ether oxygens (including phenoxy) is 2. The van der Waals surface area contributed by atoms with E-state index < -0.39 is 11.7 Å². The van der Waals surface area contributed by atoms with Crippen molar-refractivity contribution >= 4 is 17.7 Å². The van der Waals surface area contributed by atoms with Gasteiger partial charge in [0, 0.05) is 5.69 Å². The summed E-state index contributed by atoms with van der Waals surface area (Å²) in [4.78, 5) is 12.3. The third-order valence-corrected chi connectivity index (χ3v) is 3.43. The van der Waals surface area contributed by atoms with Crippen LogP contribution in [-0.2, 0) is 4.79 Å². The van der Waals surface area contributed by atoms with Crippen LogP contribution in [0.3, 0.4) is 0 Å². The summed E-state index contributed by atoms with van der Waals surface area (Å²) in [6.45, 7) is 2.52. The second-order valence-corrected chi connectivity index (χ2v) is 5.39. The first kappa shape index (κ1) is 19.0. The third-order valence-electron chi connectivity index (χ3n) is 3.43. The van der Waals surface area contributed by atoms with Crippen LogP contribution in [0.4, 0.5) is 10.1 Å². The molecule has 2 aromatic carbocycles. The van der Waals surface area contributed by atoms with Crippen molar-refractivity contribution in [3.8, 4) is 17.6 Å². The van der Waals surface area contributed by atoms with Gasteiger partial charge in [0.2, 0.25) is 0 Å². The average Bonchev–Trinajstić information content (AvgIpc) is 2.66. The molecule has 6 heteroatoms. The van der Waals surface area contributed by atoms with Gasteiger partial charge in [0.15, 0.2) is 11.5 Å². The number of rotatable bonds is 7. The molecule has 0 aromatic heterocycles. The van der Waals surface area contributed by atoms with Gasteiger partial charge in [0.05, 0.1) is 13.7 Å². The summed E-state index contributed by atoms with van der Waals surface area (Å²) in [6, 6.07) is 12.3. The zero-order valence-electron chi connectivity index (χ0n) is 14.6. The van der Waals surface area contributed by atoms with E-state index >= 15 is 0 Å². The highest BCUT2D eigenvalue weighted by Gasteiger charge is 2.11. The Hall–Kier alpha value is -3.33. The van der Waals surface area contributed by atoms with E-state index in [1.807, 2.05) is 13.0 Å². The van der Waals surface area contributed by atoms with Crippen LogP contribution in [-0.4, -0.2) is 19.6 Å². The van der Waals surface area contributed by atoms with E-state index in [1.165, 1.54) is 30.3 Å². The Kier molecular flexibility index (Phi) is 6.75. The van der Waals surface area contributed by atoms with Gasteiger partial charge in [-0.15, -0.1) is 0 Å². The molecule has 0 unspecified atom stereocenters. The van der Waals surface area contributed by atoms with Gasteiger partial charge in [-0.05, 0) is 54.5 Å². The van der Waals surface area contributed by atoms with E-state index in [9.17, 15) is 14.4 Å². The first-order chi connectivity index (χ1) is 12.6. The summed E-state index contributed by atoms with van der Waals surface area (Å²) in [6.07, 6.45) is 2.30. The number of hydrogen-bond acceptors (Lipinski definition) is 4. The van der Waals surface area contributed by atoms with Gasteiger partial charge in [-0.1, -0.05) is 13.0 Å². The van der Waals surface area contributed by atoms with Crippen molar-refractivity contribution in [2.24, 2.45) is 0 Å². The molecule has 1 N–H and O–H groups in total. The lowest BCUT2D eigenvalue weighted by molar-refractivity contribution is -0.112. The number of carbonyl (C=O) groups excluding carboxylic acids is 1. The van der Waals surface area contributed by atoms with Crippen molar-refractivity contribution in [3.63, 3.8) is 0 Å². The molecule has 0 saturated carbocycles. The first-order valence-corrected chi connectivity index (χ1v) is 8.07. The molecule has 26 heavy (non-hydrogen) atoms. The second kappa shape index (κ2) is 9.23. The van der Waals surface area contributed by atoms with E-state index in [0.717, 1.165) is 6.42 Å². The van der Waals surface area contributed by atoms with Crippen molar-refractivity contribution in [2.75, 3.05) is 19.0 Å². The first-order valence-electron chi connectivity index (χ1n) is 8.07. The predicted octanol–water partition coefficient (Wildman–Crippen LogP) is 4.17. The third kappa shape index (κ3) is 5.08. The molecule has 2 aromatic rings. The summed E-state index contributed by atoms with van der Waals surface area (Å²) in [5.74, 6) is 0.132. The molecule has 1 amide bonds. The molecular weight excluding hydrogens is 335 g/mol. The van der Waals surface area contributed by atoms with Crippen molar-refractivity contribution in [3.05, 3.63) is 59.4 Å². The number of nitrogens with zero attached hydrogens (tertiary/aromatic N) is 1. The number of nitriles is 1. The number of methoxy groups -OCH3 is 1. The number of nitrogens with one attached hydrogen (secondary N) is 1. The maximum atomic E-state index is 12.9. The van der Waals surface area contributed by atoms with Crippen LogP contribution < -0.4 is 14.8 Å². The van der Waals surface area contributed by atoms with Gasteiger partial charge in [-0.2, -0.15) is 5.26 Å². The Morgan fingerprint density at radius 3 is 2.58 bits per heavy atom. The fourth-order valence-electron chi connectivity index (χ4n) is 2.15. The highest BCUT2D eigenvalue weighted by atomic mass is 19.1. The lowest BCUT2D eigenvalue weighted by Gasteiger charge is -2.11. The summed E-state index contributed by atoms with van der Waals surface area (Å²) in [7, 11) is 1.54. The molecule has 0 aliphatic carbocycles. The quantitative estimate of drug-likeness (QED) is 0.598. The molecule has 0 spiro atoms. The van der Waals surface area contributed by atoms with E-state index in [1.54, 1.807) is 25.3 Å². The topological polar surface area (TPSA) is 71.3 Å². The van der Waals surface area contributed by atoms with Crippen LogP contribution >= 0.6 is 0 Å². The van der Waals surface area contributed by atoms with Gasteiger partial charge in [0.1, 0.15) is 17.5 Å². The molecule has 0 aliphatic heterocycles. The minimum absolute atomic E-state index is 0.0825. The molecule has 0 saturated heterocycles. The van der Waals surface area contributed by atoms with Gasteiger partial charge < -0.3 is 14.8 Å². The standard InChI is InChI=1S/C20H19FN2O3/c1-3-10-26-19-12-14(4-9-18(19)25-2)11-15(13-22)20(24)23-17-7-5-16(21)6-8-17/h4-9,11-12H,3,10H2,1-2H3,(H,23,24)/b15-11+. The number of hydrogen-bond donors (Lipinski definition) is 1. The number of carbonyl (C=O) groups is 1. The smallest absolute Gasteiger partial charge is 0.266 e. The molecule has 2 rings (SSSR count). The zero-order valence-corrected chi connectivity index (χ0v) is 14.6. The molecule has 0 fully saturated rings. The molecule has 0 bridgehead atoms. The largest absolute Gasteiger partial charge is 0.493 e. The second-order valence-electron chi connectivity index (χ2n) is 5.39. The van der Waals surface area contributed by atoms with Crippen LogP contribution in [0, 0.1) is 17.1 Å². The molecule has 0 atom stereocenters. The lowest BCUT2D eigenvalue weighted by Crippen LogP contribution is -2.13.